The van der Waals surface area contributed by atoms with Gasteiger partial charge in [0.25, 0.3) is 0 Å². The molecule has 0 spiro atoms. The van der Waals surface area contributed by atoms with Crippen molar-refractivity contribution in [2.24, 2.45) is 5.92 Å². The number of nitrogens with one attached hydrogen (secondary N) is 1. The second-order valence-corrected chi connectivity index (χ2v) is 5.64. The second kappa shape index (κ2) is 4.81. The molecule has 1 saturated heterocycles. The molecular formula is C12H28N3+. The predicted octanol–water partition coefficient (Wildman–Crippen LogP) is 2.01. The van der Waals surface area contributed by atoms with Gasteiger partial charge in [-0.15, -0.1) is 5.01 Å². The molecule has 90 valence electrons. The molecule has 3 heteroatoms. The summed E-state index contributed by atoms with van der Waals surface area (Å²) >= 11 is 0. The molecule has 1 rings (SSSR count). The van der Waals surface area contributed by atoms with Gasteiger partial charge in [0.2, 0.25) is 0 Å². The van der Waals surface area contributed by atoms with Gasteiger partial charge in [-0.25, -0.2) is 9.91 Å². The molecule has 15 heavy (non-hydrogen) atoms. The summed E-state index contributed by atoms with van der Waals surface area (Å²) < 4.78 is 0.988. The highest BCUT2D eigenvalue weighted by Gasteiger charge is 2.42. The van der Waals surface area contributed by atoms with E-state index >= 15 is 0 Å². The molecule has 0 bridgehead atoms. The highest BCUT2D eigenvalue weighted by atomic mass is 15.8. The fourth-order valence-corrected chi connectivity index (χ4v) is 2.45. The average molecular weight is 214 g/mol. The van der Waals surface area contributed by atoms with E-state index in [0.29, 0.717) is 12.2 Å². The maximum Gasteiger partial charge on any atom is 0.161 e. The number of hydrogen-bond acceptors (Lipinski definition) is 2. The first-order chi connectivity index (χ1) is 6.89. The van der Waals surface area contributed by atoms with Gasteiger partial charge >= 0.3 is 0 Å². The summed E-state index contributed by atoms with van der Waals surface area (Å²) in [6, 6.07) is 0.606. The minimum Gasteiger partial charge on any atom is -0.248 e. The van der Waals surface area contributed by atoms with Gasteiger partial charge in [0.15, 0.2) is 6.17 Å². The quantitative estimate of drug-likeness (QED) is 0.720. The third-order valence-corrected chi connectivity index (χ3v) is 3.83. The normalized spacial score (nSPS) is 28.6. The number of quaternary nitrogens is 1. The van der Waals surface area contributed by atoms with Crippen molar-refractivity contribution >= 4 is 0 Å². The van der Waals surface area contributed by atoms with E-state index in [0.717, 1.165) is 17.2 Å². The van der Waals surface area contributed by atoms with Crippen LogP contribution < -0.4 is 5.32 Å². The Morgan fingerprint density at radius 2 is 1.93 bits per heavy atom. The third-order valence-electron chi connectivity index (χ3n) is 3.83. The van der Waals surface area contributed by atoms with Crippen LogP contribution in [0, 0.1) is 5.92 Å². The molecule has 1 aliphatic rings. The highest BCUT2D eigenvalue weighted by molar-refractivity contribution is 4.67. The lowest BCUT2D eigenvalue weighted by Crippen LogP contribution is -2.57. The van der Waals surface area contributed by atoms with Crippen LogP contribution in [0.15, 0.2) is 0 Å². The summed E-state index contributed by atoms with van der Waals surface area (Å²) in [4.78, 5) is 0. The van der Waals surface area contributed by atoms with E-state index in [9.17, 15) is 0 Å². The number of nitrogens with zero attached hydrogens (tertiary/aromatic N) is 2. The first kappa shape index (κ1) is 12.9. The molecule has 1 fully saturated rings. The van der Waals surface area contributed by atoms with E-state index in [2.05, 4.69) is 52.1 Å². The lowest BCUT2D eigenvalue weighted by Gasteiger charge is -2.39. The van der Waals surface area contributed by atoms with E-state index in [1.54, 1.807) is 0 Å². The zero-order valence-electron chi connectivity index (χ0n) is 11.2. The fraction of sp³-hybridized carbons (Fsp3) is 1.00. The molecule has 0 aromatic rings. The van der Waals surface area contributed by atoms with Crippen LogP contribution in [0.5, 0.6) is 0 Å². The molecule has 0 amide bonds. The van der Waals surface area contributed by atoms with Crippen LogP contribution in [-0.2, 0) is 0 Å². The van der Waals surface area contributed by atoms with E-state index in [-0.39, 0.29) is 0 Å². The summed E-state index contributed by atoms with van der Waals surface area (Å²) in [5, 5.41) is 6.15. The monoisotopic (exact) mass is 214 g/mol. The van der Waals surface area contributed by atoms with Crippen LogP contribution in [0.1, 0.15) is 40.5 Å². The molecule has 1 N–H and O–H groups in total. The Bertz CT molecular complexity index is 201. The van der Waals surface area contributed by atoms with Gasteiger partial charge in [-0.3, -0.25) is 0 Å². The van der Waals surface area contributed by atoms with Crippen LogP contribution in [0.25, 0.3) is 0 Å². The van der Waals surface area contributed by atoms with Gasteiger partial charge in [0.1, 0.15) is 6.67 Å². The van der Waals surface area contributed by atoms with Crippen LogP contribution in [0.4, 0.5) is 0 Å². The average Bonchev–Trinajstić information content (AvgIpc) is 2.42. The molecule has 3 nitrogen and oxygen atoms in total. The maximum absolute atomic E-state index is 3.64. The largest absolute Gasteiger partial charge is 0.248 e. The molecule has 2 atom stereocenters. The number of hydrogen-bond donors (Lipinski definition) is 1. The Balaban J connectivity index is 2.62. The molecule has 0 aromatic carbocycles. The molecule has 0 aliphatic carbocycles. The smallest absolute Gasteiger partial charge is 0.161 e. The standard InChI is InChI=1S/C12H28N3/c1-7-11(4)8-12-13-9-14(10(2)3)15(12,5)6/h10-13H,7-9H2,1-6H3/q+1. The number of rotatable bonds is 4. The Morgan fingerprint density at radius 3 is 2.33 bits per heavy atom. The molecule has 0 saturated carbocycles. The summed E-state index contributed by atoms with van der Waals surface area (Å²) in [6.07, 6.45) is 3.13. The fourth-order valence-electron chi connectivity index (χ4n) is 2.45. The topological polar surface area (TPSA) is 15.3 Å². The molecule has 0 aromatic heterocycles. The van der Waals surface area contributed by atoms with Crippen LogP contribution in [-0.4, -0.2) is 42.6 Å². The van der Waals surface area contributed by atoms with Crippen molar-refractivity contribution in [3.8, 4) is 0 Å². The van der Waals surface area contributed by atoms with Crippen LogP contribution in [0.3, 0.4) is 0 Å². The van der Waals surface area contributed by atoms with Gasteiger partial charge in [0.05, 0.1) is 20.1 Å². The van der Waals surface area contributed by atoms with Crippen molar-refractivity contribution in [1.29, 1.82) is 0 Å². The Kier molecular flexibility index (Phi) is 4.15. The van der Waals surface area contributed by atoms with Gasteiger partial charge in [-0.1, -0.05) is 20.3 Å². The Labute approximate surface area is 95.0 Å². The molecule has 1 aliphatic heterocycles. The first-order valence-corrected chi connectivity index (χ1v) is 6.23. The van der Waals surface area contributed by atoms with Gasteiger partial charge in [0, 0.05) is 6.42 Å². The van der Waals surface area contributed by atoms with Crippen molar-refractivity contribution in [2.75, 3.05) is 20.8 Å². The summed E-state index contributed by atoms with van der Waals surface area (Å²) in [6.45, 7) is 10.2. The third kappa shape index (κ3) is 2.71. The molecular weight excluding hydrogens is 186 g/mol. The first-order valence-electron chi connectivity index (χ1n) is 6.23. The van der Waals surface area contributed by atoms with Crippen LogP contribution >= 0.6 is 0 Å². The zero-order chi connectivity index (χ0) is 11.6. The Hall–Kier alpha value is -0.120. The van der Waals surface area contributed by atoms with E-state index in [4.69, 9.17) is 0 Å². The molecule has 0 radical (unpaired) electrons. The SMILES string of the molecule is CCC(C)CC1NCN(C(C)C)[N+]1(C)C. The summed E-state index contributed by atoms with van der Waals surface area (Å²) in [7, 11) is 4.63. The second-order valence-electron chi connectivity index (χ2n) is 5.64. The van der Waals surface area contributed by atoms with Crippen molar-refractivity contribution in [2.45, 2.75) is 52.7 Å². The zero-order valence-corrected chi connectivity index (χ0v) is 11.2. The van der Waals surface area contributed by atoms with Gasteiger partial charge in [-0.2, -0.15) is 0 Å². The van der Waals surface area contributed by atoms with Crippen molar-refractivity contribution < 1.29 is 4.59 Å². The lowest BCUT2D eigenvalue weighted by molar-refractivity contribution is -1.01. The minimum atomic E-state index is 0.586. The minimum absolute atomic E-state index is 0.586. The summed E-state index contributed by atoms with van der Waals surface area (Å²) in [5.41, 5.74) is 0. The van der Waals surface area contributed by atoms with E-state index < -0.39 is 0 Å². The summed E-state index contributed by atoms with van der Waals surface area (Å²) in [5.74, 6) is 0.812. The maximum atomic E-state index is 3.64. The van der Waals surface area contributed by atoms with E-state index in [1.807, 2.05) is 0 Å². The van der Waals surface area contributed by atoms with Crippen molar-refractivity contribution in [3.05, 3.63) is 0 Å². The molecule has 1 heterocycles. The lowest BCUT2D eigenvalue weighted by atomic mass is 10.0. The van der Waals surface area contributed by atoms with Crippen molar-refractivity contribution in [3.63, 3.8) is 0 Å². The van der Waals surface area contributed by atoms with E-state index in [1.165, 1.54) is 12.8 Å². The van der Waals surface area contributed by atoms with Gasteiger partial charge in [-0.05, 0) is 19.8 Å². The molecule has 2 unspecified atom stereocenters. The predicted molar refractivity (Wildman–Crippen MR) is 64.9 cm³/mol. The van der Waals surface area contributed by atoms with Gasteiger partial charge < -0.3 is 0 Å². The Morgan fingerprint density at radius 1 is 1.33 bits per heavy atom. The highest BCUT2D eigenvalue weighted by Crippen LogP contribution is 2.24. The van der Waals surface area contributed by atoms with Crippen LogP contribution in [0.2, 0.25) is 0 Å². The van der Waals surface area contributed by atoms with Crippen molar-refractivity contribution in [1.82, 2.24) is 10.3 Å².